The van der Waals surface area contributed by atoms with Crippen molar-refractivity contribution in [1.82, 2.24) is 10.2 Å². The van der Waals surface area contributed by atoms with Gasteiger partial charge in [-0.2, -0.15) is 0 Å². The lowest BCUT2D eigenvalue weighted by Gasteiger charge is -2.13. The zero-order valence-electron chi connectivity index (χ0n) is 17.1. The standard InChI is InChI=1S/C24H19ClN2O4S/c1-2-22-26-27-24(31-22)32-21(23(28)29)13-19-18-6-4-3-5-16(18)9-12-20(19)30-14-15-7-10-17(25)11-8-15/h3-13H,2,14H2,1H3,(H,28,29)/b21-13-. The molecule has 32 heavy (non-hydrogen) atoms. The van der Waals surface area contributed by atoms with Crippen LogP contribution in [0.2, 0.25) is 5.02 Å². The Kier molecular flexibility index (Phi) is 6.78. The Bertz CT molecular complexity index is 1280. The van der Waals surface area contributed by atoms with Gasteiger partial charge in [0.1, 0.15) is 17.3 Å². The summed E-state index contributed by atoms with van der Waals surface area (Å²) in [7, 11) is 0. The molecule has 0 unspecified atom stereocenters. The van der Waals surface area contributed by atoms with Gasteiger partial charge in [-0.25, -0.2) is 4.79 Å². The summed E-state index contributed by atoms with van der Waals surface area (Å²) in [6, 6.07) is 18.9. The Balaban J connectivity index is 1.72. The van der Waals surface area contributed by atoms with Gasteiger partial charge < -0.3 is 14.3 Å². The summed E-state index contributed by atoms with van der Waals surface area (Å²) >= 11 is 6.87. The molecule has 0 aliphatic carbocycles. The molecule has 1 N–H and O–H groups in total. The van der Waals surface area contributed by atoms with Crippen LogP contribution in [0.3, 0.4) is 0 Å². The van der Waals surface area contributed by atoms with Crippen molar-refractivity contribution in [3.63, 3.8) is 0 Å². The molecular formula is C24H19ClN2O4S. The van der Waals surface area contributed by atoms with Gasteiger partial charge in [0.05, 0.1) is 0 Å². The Morgan fingerprint density at radius 3 is 2.62 bits per heavy atom. The van der Waals surface area contributed by atoms with Crippen molar-refractivity contribution in [2.24, 2.45) is 0 Å². The number of benzene rings is 3. The molecule has 0 spiro atoms. The van der Waals surface area contributed by atoms with Crippen LogP contribution in [-0.2, 0) is 17.8 Å². The predicted molar refractivity (Wildman–Crippen MR) is 125 cm³/mol. The lowest BCUT2D eigenvalue weighted by atomic mass is 10.0. The van der Waals surface area contributed by atoms with Gasteiger partial charge in [0.2, 0.25) is 5.89 Å². The number of aryl methyl sites for hydroxylation is 1. The third kappa shape index (κ3) is 5.12. The molecule has 8 heteroatoms. The molecule has 0 saturated heterocycles. The minimum atomic E-state index is -1.09. The summed E-state index contributed by atoms with van der Waals surface area (Å²) in [5.41, 5.74) is 1.61. The molecule has 1 heterocycles. The van der Waals surface area contributed by atoms with Crippen molar-refractivity contribution in [1.29, 1.82) is 0 Å². The van der Waals surface area contributed by atoms with E-state index < -0.39 is 5.97 Å². The number of ether oxygens (including phenoxy) is 1. The first kappa shape index (κ1) is 21.9. The summed E-state index contributed by atoms with van der Waals surface area (Å²) < 4.78 is 11.6. The van der Waals surface area contributed by atoms with E-state index in [1.165, 1.54) is 0 Å². The molecule has 4 aromatic rings. The van der Waals surface area contributed by atoms with E-state index in [1.807, 2.05) is 55.5 Å². The van der Waals surface area contributed by atoms with Gasteiger partial charge in [-0.05, 0) is 52.4 Å². The monoisotopic (exact) mass is 466 g/mol. The van der Waals surface area contributed by atoms with Crippen LogP contribution in [0, 0.1) is 0 Å². The number of nitrogens with zero attached hydrogens (tertiary/aromatic N) is 2. The second-order valence-electron chi connectivity index (χ2n) is 6.84. The molecule has 0 aliphatic heterocycles. The van der Waals surface area contributed by atoms with Crippen LogP contribution in [0.25, 0.3) is 16.8 Å². The van der Waals surface area contributed by atoms with E-state index in [0.717, 1.165) is 28.1 Å². The maximum Gasteiger partial charge on any atom is 0.342 e. The minimum absolute atomic E-state index is 0.0454. The largest absolute Gasteiger partial charge is 0.488 e. The second kappa shape index (κ2) is 9.89. The Hall–Kier alpha value is -3.29. The highest BCUT2D eigenvalue weighted by Crippen LogP contribution is 2.35. The van der Waals surface area contributed by atoms with E-state index in [1.54, 1.807) is 18.2 Å². The van der Waals surface area contributed by atoms with Crippen molar-refractivity contribution < 1.29 is 19.1 Å². The van der Waals surface area contributed by atoms with Crippen molar-refractivity contribution in [3.05, 3.63) is 87.6 Å². The quantitative estimate of drug-likeness (QED) is 0.243. The number of thioether (sulfide) groups is 1. The topological polar surface area (TPSA) is 85.5 Å². The molecular weight excluding hydrogens is 448 g/mol. The number of carboxylic acids is 1. The van der Waals surface area contributed by atoms with E-state index >= 15 is 0 Å². The third-order valence-corrected chi connectivity index (χ3v) is 5.78. The number of aliphatic carboxylic acids is 1. The molecule has 1 aromatic heterocycles. The van der Waals surface area contributed by atoms with Gasteiger partial charge in [0.25, 0.3) is 5.22 Å². The van der Waals surface area contributed by atoms with Crippen LogP contribution in [0.4, 0.5) is 0 Å². The Labute approximate surface area is 193 Å². The van der Waals surface area contributed by atoms with Gasteiger partial charge >= 0.3 is 5.97 Å². The smallest absolute Gasteiger partial charge is 0.342 e. The van der Waals surface area contributed by atoms with Crippen molar-refractivity contribution in [3.8, 4) is 5.75 Å². The maximum atomic E-state index is 12.0. The number of hydrogen-bond donors (Lipinski definition) is 1. The summed E-state index contributed by atoms with van der Waals surface area (Å²) in [5.74, 6) is -0.0741. The number of rotatable bonds is 8. The molecule has 4 rings (SSSR count). The second-order valence-corrected chi connectivity index (χ2v) is 8.27. The highest BCUT2D eigenvalue weighted by molar-refractivity contribution is 8.03. The van der Waals surface area contributed by atoms with Crippen LogP contribution >= 0.6 is 23.4 Å². The number of fused-ring (bicyclic) bond motifs is 1. The van der Waals surface area contributed by atoms with Gasteiger partial charge in [0.15, 0.2) is 0 Å². The summed E-state index contributed by atoms with van der Waals surface area (Å²) in [6.07, 6.45) is 2.16. The lowest BCUT2D eigenvalue weighted by molar-refractivity contribution is -0.131. The zero-order chi connectivity index (χ0) is 22.5. The van der Waals surface area contributed by atoms with Gasteiger partial charge in [-0.3, -0.25) is 0 Å². The maximum absolute atomic E-state index is 12.0. The van der Waals surface area contributed by atoms with Crippen LogP contribution in [0.1, 0.15) is 23.9 Å². The van der Waals surface area contributed by atoms with Crippen LogP contribution in [0.15, 0.2) is 75.2 Å². The zero-order valence-corrected chi connectivity index (χ0v) is 18.7. The lowest BCUT2D eigenvalue weighted by Crippen LogP contribution is -2.00. The summed E-state index contributed by atoms with van der Waals surface area (Å²) in [4.78, 5) is 12.1. The highest BCUT2D eigenvalue weighted by Gasteiger charge is 2.17. The molecule has 0 aliphatic rings. The summed E-state index contributed by atoms with van der Waals surface area (Å²) in [6.45, 7) is 2.20. The third-order valence-electron chi connectivity index (χ3n) is 4.67. The molecule has 162 valence electrons. The average molecular weight is 467 g/mol. The molecule has 0 atom stereocenters. The molecule has 6 nitrogen and oxygen atoms in total. The SMILES string of the molecule is CCc1nnc(S/C(=C\c2c(OCc3ccc(Cl)cc3)ccc3ccccc23)C(=O)O)o1. The molecule has 0 amide bonds. The predicted octanol–water partition coefficient (Wildman–Crippen LogP) is 6.24. The number of aromatic nitrogens is 2. The molecule has 3 aromatic carbocycles. The number of carboxylic acid groups (broad SMARTS) is 1. The van der Waals surface area contributed by atoms with E-state index in [4.69, 9.17) is 20.8 Å². The van der Waals surface area contributed by atoms with Crippen molar-refractivity contribution in [2.75, 3.05) is 0 Å². The summed E-state index contributed by atoms with van der Waals surface area (Å²) in [5, 5.41) is 20.3. The van der Waals surface area contributed by atoms with Crippen molar-refractivity contribution in [2.45, 2.75) is 25.2 Å². The fraction of sp³-hybridized carbons (Fsp3) is 0.125. The van der Waals surface area contributed by atoms with Gasteiger partial charge in [-0.1, -0.05) is 61.0 Å². The fourth-order valence-electron chi connectivity index (χ4n) is 3.07. The normalized spacial score (nSPS) is 11.6. The van der Waals surface area contributed by atoms with Crippen LogP contribution < -0.4 is 4.74 Å². The van der Waals surface area contributed by atoms with E-state index in [-0.39, 0.29) is 10.1 Å². The van der Waals surface area contributed by atoms with E-state index in [0.29, 0.717) is 35.3 Å². The van der Waals surface area contributed by atoms with Crippen molar-refractivity contribution >= 4 is 46.2 Å². The minimum Gasteiger partial charge on any atom is -0.488 e. The molecule has 0 radical (unpaired) electrons. The van der Waals surface area contributed by atoms with Crippen LogP contribution in [0.5, 0.6) is 5.75 Å². The molecule has 0 fully saturated rings. The Morgan fingerprint density at radius 1 is 1.12 bits per heavy atom. The fourth-order valence-corrected chi connectivity index (χ4v) is 3.87. The van der Waals surface area contributed by atoms with E-state index in [2.05, 4.69) is 10.2 Å². The number of carbonyl (C=O) groups is 1. The van der Waals surface area contributed by atoms with Gasteiger partial charge in [0, 0.05) is 17.0 Å². The van der Waals surface area contributed by atoms with E-state index in [9.17, 15) is 9.90 Å². The average Bonchev–Trinajstić information content (AvgIpc) is 3.26. The first-order valence-electron chi connectivity index (χ1n) is 9.87. The molecule has 0 bridgehead atoms. The van der Waals surface area contributed by atoms with Crippen LogP contribution in [-0.4, -0.2) is 21.3 Å². The Morgan fingerprint density at radius 2 is 1.91 bits per heavy atom. The number of hydrogen-bond acceptors (Lipinski definition) is 6. The molecule has 0 saturated carbocycles. The number of halogens is 1. The van der Waals surface area contributed by atoms with Gasteiger partial charge in [-0.15, -0.1) is 10.2 Å². The highest BCUT2D eigenvalue weighted by atomic mass is 35.5. The first-order valence-corrected chi connectivity index (χ1v) is 11.1. The first-order chi connectivity index (χ1) is 15.5.